The molecule has 1 heterocycles. The second-order valence-corrected chi connectivity index (χ2v) is 4.77. The predicted molar refractivity (Wildman–Crippen MR) is 70.0 cm³/mol. The highest BCUT2D eigenvalue weighted by Crippen LogP contribution is 2.11. The van der Waals surface area contributed by atoms with Crippen LogP contribution in [0.1, 0.15) is 29.0 Å². The fourth-order valence-corrected chi connectivity index (χ4v) is 1.98. The molecule has 0 aliphatic heterocycles. The second kappa shape index (κ2) is 7.81. The molecule has 1 aromatic rings. The van der Waals surface area contributed by atoms with Crippen molar-refractivity contribution < 1.29 is 19.1 Å². The number of amides is 1. The van der Waals surface area contributed by atoms with Crippen molar-refractivity contribution in [1.82, 2.24) is 5.32 Å². The molecule has 0 saturated carbocycles. The van der Waals surface area contributed by atoms with E-state index in [2.05, 4.69) is 5.32 Å². The van der Waals surface area contributed by atoms with Crippen LogP contribution in [0.3, 0.4) is 0 Å². The Balaban J connectivity index is 2.41. The van der Waals surface area contributed by atoms with Crippen LogP contribution in [0.2, 0.25) is 0 Å². The van der Waals surface area contributed by atoms with E-state index in [1.807, 2.05) is 6.26 Å². The van der Waals surface area contributed by atoms with Gasteiger partial charge in [-0.15, -0.1) is 0 Å². The van der Waals surface area contributed by atoms with Gasteiger partial charge in [0, 0.05) is 6.54 Å². The molecule has 0 aliphatic rings. The molecule has 0 spiro atoms. The summed E-state index contributed by atoms with van der Waals surface area (Å²) < 4.78 is 5.00. The Labute approximate surface area is 110 Å². The van der Waals surface area contributed by atoms with Gasteiger partial charge in [0.1, 0.15) is 12.2 Å². The van der Waals surface area contributed by atoms with Gasteiger partial charge in [-0.2, -0.15) is 11.8 Å². The van der Waals surface area contributed by atoms with Gasteiger partial charge in [0.05, 0.1) is 11.8 Å². The summed E-state index contributed by atoms with van der Waals surface area (Å²) in [5.74, 6) is -0.0153. The number of unbranched alkanes of at least 4 members (excludes halogenated alkanes) is 1. The molecular formula is C12H17NO4S. The first-order valence-electron chi connectivity index (χ1n) is 5.70. The van der Waals surface area contributed by atoms with E-state index >= 15 is 0 Å². The first kappa shape index (κ1) is 14.6. The number of carbonyl (C=O) groups is 2. The van der Waals surface area contributed by atoms with Gasteiger partial charge in [0.15, 0.2) is 0 Å². The van der Waals surface area contributed by atoms with E-state index in [4.69, 9.17) is 9.52 Å². The molecule has 18 heavy (non-hydrogen) atoms. The Bertz CT molecular complexity index is 403. The number of aliphatic carboxylic acids is 1. The lowest BCUT2D eigenvalue weighted by atomic mass is 10.2. The fourth-order valence-electron chi connectivity index (χ4n) is 1.49. The van der Waals surface area contributed by atoms with Crippen LogP contribution in [0, 0.1) is 0 Å². The van der Waals surface area contributed by atoms with E-state index in [9.17, 15) is 9.59 Å². The van der Waals surface area contributed by atoms with Gasteiger partial charge in [0.25, 0.3) is 5.91 Å². The third kappa shape index (κ3) is 4.83. The summed E-state index contributed by atoms with van der Waals surface area (Å²) in [6.07, 6.45) is 5.07. The van der Waals surface area contributed by atoms with Gasteiger partial charge in [0.2, 0.25) is 0 Å². The van der Waals surface area contributed by atoms with Crippen LogP contribution in [-0.2, 0) is 11.2 Å². The van der Waals surface area contributed by atoms with Gasteiger partial charge in [-0.25, -0.2) is 0 Å². The van der Waals surface area contributed by atoms with Gasteiger partial charge < -0.3 is 14.8 Å². The number of carboxylic acid groups (broad SMARTS) is 1. The normalized spacial score (nSPS) is 10.3. The Kier molecular flexibility index (Phi) is 6.35. The molecule has 0 aliphatic carbocycles. The average Bonchev–Trinajstić information content (AvgIpc) is 2.76. The number of nitrogens with one attached hydrogen (secondary N) is 1. The molecular weight excluding hydrogens is 254 g/mol. The maximum absolute atomic E-state index is 11.8. The number of furan rings is 1. The van der Waals surface area contributed by atoms with Crippen molar-refractivity contribution in [3.05, 3.63) is 23.7 Å². The summed E-state index contributed by atoms with van der Waals surface area (Å²) in [7, 11) is 0. The zero-order chi connectivity index (χ0) is 13.4. The highest BCUT2D eigenvalue weighted by Gasteiger charge is 2.16. The molecule has 1 aromatic heterocycles. The number of hydrogen-bond acceptors (Lipinski definition) is 4. The summed E-state index contributed by atoms with van der Waals surface area (Å²) in [6.45, 7) is 0.594. The molecule has 0 aromatic carbocycles. The van der Waals surface area contributed by atoms with Crippen LogP contribution in [0.15, 0.2) is 16.7 Å². The molecule has 100 valence electrons. The molecule has 0 bridgehead atoms. The molecule has 0 unspecified atom stereocenters. The highest BCUT2D eigenvalue weighted by molar-refractivity contribution is 7.98. The van der Waals surface area contributed by atoms with Crippen molar-refractivity contribution >= 4 is 23.6 Å². The first-order valence-corrected chi connectivity index (χ1v) is 7.10. The topological polar surface area (TPSA) is 79.5 Å². The van der Waals surface area contributed by atoms with Gasteiger partial charge in [-0.1, -0.05) is 0 Å². The number of rotatable bonds is 8. The standard InChI is InChI=1S/C12H17NO4S/c1-18-7-3-2-5-13-12(16)9-4-6-17-10(9)8-11(14)15/h4,6H,2-3,5,7-8H2,1H3,(H,13,16)(H,14,15). The Morgan fingerprint density at radius 1 is 1.44 bits per heavy atom. The summed E-state index contributed by atoms with van der Waals surface area (Å²) in [6, 6.07) is 1.50. The fraction of sp³-hybridized carbons (Fsp3) is 0.500. The average molecular weight is 271 g/mol. The molecule has 5 nitrogen and oxygen atoms in total. The van der Waals surface area contributed by atoms with Crippen molar-refractivity contribution in [3.63, 3.8) is 0 Å². The van der Waals surface area contributed by atoms with Crippen molar-refractivity contribution in [1.29, 1.82) is 0 Å². The van der Waals surface area contributed by atoms with E-state index in [-0.39, 0.29) is 18.1 Å². The van der Waals surface area contributed by atoms with Gasteiger partial charge in [-0.05, 0) is 30.9 Å². The first-order chi connectivity index (χ1) is 8.65. The third-order valence-electron chi connectivity index (χ3n) is 2.36. The Hall–Kier alpha value is -1.43. The van der Waals surface area contributed by atoms with E-state index in [1.54, 1.807) is 11.8 Å². The predicted octanol–water partition coefficient (Wildman–Crippen LogP) is 1.78. The largest absolute Gasteiger partial charge is 0.481 e. The van der Waals surface area contributed by atoms with Crippen LogP contribution in [-0.4, -0.2) is 35.5 Å². The lowest BCUT2D eigenvalue weighted by Gasteiger charge is -2.04. The summed E-state index contributed by atoms with van der Waals surface area (Å²) in [5, 5.41) is 11.4. The molecule has 0 fully saturated rings. The maximum atomic E-state index is 11.8. The molecule has 6 heteroatoms. The number of thioether (sulfide) groups is 1. The Morgan fingerprint density at radius 2 is 2.22 bits per heavy atom. The molecule has 0 atom stereocenters. The molecule has 2 N–H and O–H groups in total. The van der Waals surface area contributed by atoms with Crippen LogP contribution < -0.4 is 5.32 Å². The van der Waals surface area contributed by atoms with Crippen molar-refractivity contribution in [3.8, 4) is 0 Å². The van der Waals surface area contributed by atoms with Crippen LogP contribution in [0.25, 0.3) is 0 Å². The monoisotopic (exact) mass is 271 g/mol. The summed E-state index contributed by atoms with van der Waals surface area (Å²) in [5.41, 5.74) is 0.308. The molecule has 1 rings (SSSR count). The quantitative estimate of drug-likeness (QED) is 0.704. The second-order valence-electron chi connectivity index (χ2n) is 3.78. The van der Waals surface area contributed by atoms with E-state index < -0.39 is 5.97 Å². The number of carbonyl (C=O) groups excluding carboxylic acids is 1. The zero-order valence-electron chi connectivity index (χ0n) is 10.3. The molecule has 0 radical (unpaired) electrons. The third-order valence-corrected chi connectivity index (χ3v) is 3.06. The van der Waals surface area contributed by atoms with Gasteiger partial charge in [-0.3, -0.25) is 9.59 Å². The van der Waals surface area contributed by atoms with E-state index in [0.29, 0.717) is 12.1 Å². The SMILES string of the molecule is CSCCCCNC(=O)c1ccoc1CC(=O)O. The van der Waals surface area contributed by atoms with Crippen molar-refractivity contribution in [2.45, 2.75) is 19.3 Å². The van der Waals surface area contributed by atoms with Crippen LogP contribution in [0.4, 0.5) is 0 Å². The number of hydrogen-bond donors (Lipinski definition) is 2. The highest BCUT2D eigenvalue weighted by atomic mass is 32.2. The lowest BCUT2D eigenvalue weighted by Crippen LogP contribution is -2.25. The zero-order valence-corrected chi connectivity index (χ0v) is 11.1. The summed E-state index contributed by atoms with van der Waals surface area (Å²) in [4.78, 5) is 22.4. The molecule has 1 amide bonds. The minimum atomic E-state index is -1.01. The van der Waals surface area contributed by atoms with E-state index in [1.165, 1.54) is 12.3 Å². The van der Waals surface area contributed by atoms with E-state index in [0.717, 1.165) is 18.6 Å². The maximum Gasteiger partial charge on any atom is 0.311 e. The lowest BCUT2D eigenvalue weighted by molar-refractivity contribution is -0.136. The van der Waals surface area contributed by atoms with Crippen molar-refractivity contribution in [2.24, 2.45) is 0 Å². The number of carboxylic acids is 1. The van der Waals surface area contributed by atoms with Gasteiger partial charge >= 0.3 is 5.97 Å². The minimum Gasteiger partial charge on any atom is -0.481 e. The minimum absolute atomic E-state index is 0.198. The smallest absolute Gasteiger partial charge is 0.311 e. The van der Waals surface area contributed by atoms with Crippen LogP contribution >= 0.6 is 11.8 Å². The Morgan fingerprint density at radius 3 is 2.89 bits per heavy atom. The molecule has 0 saturated heterocycles. The summed E-state index contributed by atoms with van der Waals surface area (Å²) >= 11 is 1.77. The van der Waals surface area contributed by atoms with Crippen LogP contribution in [0.5, 0.6) is 0 Å². The van der Waals surface area contributed by atoms with Crippen molar-refractivity contribution in [2.75, 3.05) is 18.6 Å².